The van der Waals surface area contributed by atoms with Gasteiger partial charge in [-0.05, 0) is 30.7 Å². The fourth-order valence-electron chi connectivity index (χ4n) is 2.29. The maximum absolute atomic E-state index is 11.5. The van der Waals surface area contributed by atoms with Crippen molar-refractivity contribution in [2.45, 2.75) is 11.3 Å². The van der Waals surface area contributed by atoms with Crippen LogP contribution in [0.15, 0.2) is 35.2 Å². The third kappa shape index (κ3) is 3.04. The highest BCUT2D eigenvalue weighted by atomic mass is 32.2. The van der Waals surface area contributed by atoms with Crippen molar-refractivity contribution in [1.29, 1.82) is 0 Å². The predicted octanol–water partition coefficient (Wildman–Crippen LogP) is 1.99. The largest absolute Gasteiger partial charge is 0.313 e. The second-order valence-corrected chi connectivity index (χ2v) is 7.49. The normalized spacial score (nSPS) is 15.8. The van der Waals surface area contributed by atoms with Crippen molar-refractivity contribution in [3.63, 3.8) is 0 Å². The van der Waals surface area contributed by atoms with Crippen LogP contribution in [0.25, 0.3) is 16.8 Å². The molecule has 0 bridgehead atoms. The zero-order valence-electron chi connectivity index (χ0n) is 11.5. The summed E-state index contributed by atoms with van der Waals surface area (Å²) in [5.74, 6) is 0. The average molecular weight is 321 g/mol. The molecule has 0 radical (unpaired) electrons. The van der Waals surface area contributed by atoms with Crippen LogP contribution in [-0.4, -0.2) is 36.5 Å². The minimum Gasteiger partial charge on any atom is -0.313 e. The van der Waals surface area contributed by atoms with E-state index in [4.69, 9.17) is 0 Å². The van der Waals surface area contributed by atoms with Crippen molar-refractivity contribution in [2.24, 2.45) is 0 Å². The molecule has 2 heterocycles. The fourth-order valence-corrected chi connectivity index (χ4v) is 3.52. The van der Waals surface area contributed by atoms with Crippen LogP contribution in [-0.2, 0) is 9.84 Å². The summed E-state index contributed by atoms with van der Waals surface area (Å²) in [5.41, 5.74) is 3.83. The molecular weight excluding hydrogens is 306 g/mol. The van der Waals surface area contributed by atoms with Crippen LogP contribution in [0.3, 0.4) is 0 Å². The van der Waals surface area contributed by atoms with Crippen LogP contribution in [0.4, 0.5) is 0 Å². The topological polar surface area (TPSA) is 72.0 Å². The average Bonchev–Trinajstić information content (AvgIpc) is 2.97. The van der Waals surface area contributed by atoms with E-state index in [2.05, 4.69) is 20.1 Å². The number of sulfone groups is 1. The fraction of sp³-hybridized carbons (Fsp3) is 0.286. The van der Waals surface area contributed by atoms with E-state index in [1.807, 2.05) is 0 Å². The van der Waals surface area contributed by atoms with Gasteiger partial charge in [-0.15, -0.1) is 0 Å². The molecule has 0 spiro atoms. The summed E-state index contributed by atoms with van der Waals surface area (Å²) in [6, 6.07) is 6.81. The van der Waals surface area contributed by atoms with E-state index in [0.717, 1.165) is 36.5 Å². The molecule has 0 amide bonds. The Morgan fingerprint density at radius 3 is 2.48 bits per heavy atom. The van der Waals surface area contributed by atoms with Crippen molar-refractivity contribution in [2.75, 3.05) is 19.3 Å². The molecule has 0 unspecified atom stereocenters. The second kappa shape index (κ2) is 5.67. The lowest BCUT2D eigenvalue weighted by molar-refractivity contribution is 0.602. The molecular formula is C14H15N3O2S2. The van der Waals surface area contributed by atoms with Crippen molar-refractivity contribution < 1.29 is 8.42 Å². The zero-order valence-corrected chi connectivity index (χ0v) is 13.2. The molecule has 2 aromatic rings. The Balaban J connectivity index is 1.98. The van der Waals surface area contributed by atoms with Crippen LogP contribution < -0.4 is 5.32 Å². The quantitative estimate of drug-likeness (QED) is 0.936. The molecule has 21 heavy (non-hydrogen) atoms. The van der Waals surface area contributed by atoms with Crippen LogP contribution >= 0.6 is 11.7 Å². The molecule has 7 heteroatoms. The van der Waals surface area contributed by atoms with Gasteiger partial charge in [-0.1, -0.05) is 18.2 Å². The summed E-state index contributed by atoms with van der Waals surface area (Å²) in [6.07, 6.45) is 4.27. The van der Waals surface area contributed by atoms with E-state index < -0.39 is 9.84 Å². The standard InChI is InChI=1S/C14H15N3O2S2/c1-21(18,19)12-4-2-10(3-5-12)13-14(17-20-16-13)11-6-8-15-9-7-11/h2-6,15H,7-9H2,1H3. The number of rotatable bonds is 3. The first-order valence-corrected chi connectivity index (χ1v) is 9.21. The van der Waals surface area contributed by atoms with Crippen molar-refractivity contribution in [3.8, 4) is 11.3 Å². The number of benzene rings is 1. The molecule has 0 aliphatic carbocycles. The molecule has 0 saturated carbocycles. The summed E-state index contributed by atoms with van der Waals surface area (Å²) in [5, 5.41) is 3.27. The summed E-state index contributed by atoms with van der Waals surface area (Å²) in [4.78, 5) is 0.317. The summed E-state index contributed by atoms with van der Waals surface area (Å²) >= 11 is 1.18. The SMILES string of the molecule is CS(=O)(=O)c1ccc(-c2nsnc2C2=CCNCC2)cc1. The first kappa shape index (κ1) is 14.4. The van der Waals surface area contributed by atoms with Crippen LogP contribution in [0, 0.1) is 0 Å². The molecule has 0 atom stereocenters. The van der Waals surface area contributed by atoms with Gasteiger partial charge in [-0.3, -0.25) is 0 Å². The minimum atomic E-state index is -3.17. The molecule has 1 aliphatic rings. The Kier molecular flexibility index (Phi) is 3.88. The van der Waals surface area contributed by atoms with E-state index in [9.17, 15) is 8.42 Å². The van der Waals surface area contributed by atoms with Gasteiger partial charge in [0.25, 0.3) is 0 Å². The number of hydrogen-bond donors (Lipinski definition) is 1. The third-order valence-electron chi connectivity index (χ3n) is 3.41. The smallest absolute Gasteiger partial charge is 0.175 e. The van der Waals surface area contributed by atoms with Crippen molar-refractivity contribution in [1.82, 2.24) is 14.1 Å². The monoisotopic (exact) mass is 321 g/mol. The lowest BCUT2D eigenvalue weighted by atomic mass is 10.0. The lowest BCUT2D eigenvalue weighted by Gasteiger charge is -2.13. The van der Waals surface area contributed by atoms with Crippen molar-refractivity contribution in [3.05, 3.63) is 36.0 Å². The molecule has 3 rings (SSSR count). The summed E-state index contributed by atoms with van der Waals surface area (Å²) in [7, 11) is -3.17. The molecule has 5 nitrogen and oxygen atoms in total. The first-order chi connectivity index (χ1) is 10.1. The highest BCUT2D eigenvalue weighted by Crippen LogP contribution is 2.30. The van der Waals surface area contributed by atoms with Gasteiger partial charge in [-0.2, -0.15) is 8.75 Å². The van der Waals surface area contributed by atoms with Gasteiger partial charge in [0.15, 0.2) is 9.84 Å². The van der Waals surface area contributed by atoms with Gasteiger partial charge in [-0.25, -0.2) is 8.42 Å². The van der Waals surface area contributed by atoms with Gasteiger partial charge < -0.3 is 5.32 Å². The van der Waals surface area contributed by atoms with Crippen LogP contribution in [0.2, 0.25) is 0 Å². The zero-order chi connectivity index (χ0) is 14.9. The number of nitrogens with one attached hydrogen (secondary N) is 1. The molecule has 0 saturated heterocycles. The highest BCUT2D eigenvalue weighted by Gasteiger charge is 2.16. The van der Waals surface area contributed by atoms with E-state index in [1.54, 1.807) is 24.3 Å². The van der Waals surface area contributed by atoms with E-state index in [1.165, 1.54) is 23.6 Å². The molecule has 0 fully saturated rings. The predicted molar refractivity (Wildman–Crippen MR) is 83.9 cm³/mol. The van der Waals surface area contributed by atoms with Crippen LogP contribution in [0.5, 0.6) is 0 Å². The van der Waals surface area contributed by atoms with Gasteiger partial charge in [0.1, 0.15) is 11.4 Å². The van der Waals surface area contributed by atoms with E-state index >= 15 is 0 Å². The Labute approximate surface area is 128 Å². The second-order valence-electron chi connectivity index (χ2n) is 4.94. The third-order valence-corrected chi connectivity index (χ3v) is 5.07. The van der Waals surface area contributed by atoms with E-state index in [0.29, 0.717) is 4.90 Å². The van der Waals surface area contributed by atoms with Crippen LogP contribution in [0.1, 0.15) is 12.1 Å². The number of aromatic nitrogens is 2. The maximum Gasteiger partial charge on any atom is 0.175 e. The highest BCUT2D eigenvalue weighted by molar-refractivity contribution is 7.90. The summed E-state index contributed by atoms with van der Waals surface area (Å²) < 4.78 is 31.8. The maximum atomic E-state index is 11.5. The summed E-state index contributed by atoms with van der Waals surface area (Å²) in [6.45, 7) is 1.79. The molecule has 1 aromatic heterocycles. The Morgan fingerprint density at radius 2 is 1.86 bits per heavy atom. The van der Waals surface area contributed by atoms with Crippen molar-refractivity contribution >= 4 is 27.1 Å². The van der Waals surface area contributed by atoms with Gasteiger partial charge >= 0.3 is 0 Å². The Morgan fingerprint density at radius 1 is 1.14 bits per heavy atom. The molecule has 1 N–H and O–H groups in total. The van der Waals surface area contributed by atoms with E-state index in [-0.39, 0.29) is 0 Å². The minimum absolute atomic E-state index is 0.317. The number of nitrogens with zero attached hydrogens (tertiary/aromatic N) is 2. The Hall–Kier alpha value is -1.57. The first-order valence-electron chi connectivity index (χ1n) is 6.59. The molecule has 1 aliphatic heterocycles. The molecule has 1 aromatic carbocycles. The van der Waals surface area contributed by atoms with Gasteiger partial charge in [0, 0.05) is 18.4 Å². The number of hydrogen-bond acceptors (Lipinski definition) is 6. The van der Waals surface area contributed by atoms with Gasteiger partial charge in [0.05, 0.1) is 16.6 Å². The molecule has 110 valence electrons. The Bertz CT molecular complexity index is 777. The lowest BCUT2D eigenvalue weighted by Crippen LogP contribution is -2.20. The van der Waals surface area contributed by atoms with Gasteiger partial charge in [0.2, 0.25) is 0 Å².